The van der Waals surface area contributed by atoms with E-state index in [1.165, 1.54) is 20.0 Å². The van der Waals surface area contributed by atoms with Crippen LogP contribution in [0.3, 0.4) is 0 Å². The molecule has 7 heteroatoms. The minimum absolute atomic E-state index is 0.0211. The molecule has 1 aromatic rings. The molecule has 0 aliphatic carbocycles. The molecule has 2 amide bonds. The number of hydrogen-bond acceptors (Lipinski definition) is 2. The van der Waals surface area contributed by atoms with Crippen molar-refractivity contribution in [3.8, 4) is 0 Å². The number of carboxylic acids is 1. The highest BCUT2D eigenvalue weighted by Gasteiger charge is 2.21. The summed E-state index contributed by atoms with van der Waals surface area (Å²) < 4.78 is 25.6. The van der Waals surface area contributed by atoms with Crippen LogP contribution in [0.25, 0.3) is 0 Å². The Balaban J connectivity index is 2.59. The molecule has 5 nitrogen and oxygen atoms in total. The summed E-state index contributed by atoms with van der Waals surface area (Å²) in [7, 11) is 1.33. The van der Waals surface area contributed by atoms with E-state index >= 15 is 0 Å². The number of halogens is 2. The first-order valence-corrected chi connectivity index (χ1v) is 5.50. The molecule has 0 fully saturated rings. The van der Waals surface area contributed by atoms with E-state index in [0.29, 0.717) is 5.56 Å². The Morgan fingerprint density at radius 3 is 2.53 bits per heavy atom. The zero-order valence-corrected chi connectivity index (χ0v) is 10.5. The maximum atomic E-state index is 12.9. The number of carbonyl (C=O) groups excluding carboxylic acids is 1. The van der Waals surface area contributed by atoms with Crippen LogP contribution in [0.15, 0.2) is 18.2 Å². The largest absolute Gasteiger partial charge is 0.480 e. The number of rotatable bonds is 4. The maximum Gasteiger partial charge on any atom is 0.326 e. The quantitative estimate of drug-likeness (QED) is 0.874. The predicted octanol–water partition coefficient (Wildman–Crippen LogP) is 1.58. The Morgan fingerprint density at radius 2 is 2.00 bits per heavy atom. The van der Waals surface area contributed by atoms with Crippen LogP contribution in [-0.2, 0) is 11.3 Å². The lowest BCUT2D eigenvalue weighted by atomic mass is 10.2. The standard InChI is InChI=1S/C12H14F2N2O3/c1-7(11(17)18)16(2)12(19)15-6-8-3-4-9(13)10(14)5-8/h3-5,7H,6H2,1-2H3,(H,15,19)(H,17,18). The van der Waals surface area contributed by atoms with Crippen LogP contribution in [0.5, 0.6) is 0 Å². The van der Waals surface area contributed by atoms with Crippen LogP contribution in [0.1, 0.15) is 12.5 Å². The van der Waals surface area contributed by atoms with Gasteiger partial charge in [0.15, 0.2) is 11.6 Å². The molecule has 0 saturated carbocycles. The predicted molar refractivity (Wildman–Crippen MR) is 63.5 cm³/mol. The van der Waals surface area contributed by atoms with E-state index in [2.05, 4.69) is 5.32 Å². The van der Waals surface area contributed by atoms with Crippen molar-refractivity contribution in [2.45, 2.75) is 19.5 Å². The molecule has 0 spiro atoms. The first-order valence-electron chi connectivity index (χ1n) is 5.50. The number of hydrogen-bond donors (Lipinski definition) is 2. The van der Waals surface area contributed by atoms with Gasteiger partial charge in [0.05, 0.1) is 0 Å². The van der Waals surface area contributed by atoms with E-state index in [-0.39, 0.29) is 6.54 Å². The fraction of sp³-hybridized carbons (Fsp3) is 0.333. The smallest absolute Gasteiger partial charge is 0.326 e. The first-order chi connectivity index (χ1) is 8.82. The molecular weight excluding hydrogens is 258 g/mol. The topological polar surface area (TPSA) is 69.6 Å². The average Bonchev–Trinajstić information content (AvgIpc) is 2.37. The molecule has 0 heterocycles. The van der Waals surface area contributed by atoms with Gasteiger partial charge in [-0.3, -0.25) is 0 Å². The second-order valence-corrected chi connectivity index (χ2v) is 4.03. The van der Waals surface area contributed by atoms with E-state index in [9.17, 15) is 18.4 Å². The molecule has 0 radical (unpaired) electrons. The van der Waals surface area contributed by atoms with E-state index in [4.69, 9.17) is 5.11 Å². The molecule has 19 heavy (non-hydrogen) atoms. The summed E-state index contributed by atoms with van der Waals surface area (Å²) >= 11 is 0. The summed E-state index contributed by atoms with van der Waals surface area (Å²) in [6.45, 7) is 1.34. The van der Waals surface area contributed by atoms with Crippen molar-refractivity contribution in [1.29, 1.82) is 0 Å². The van der Waals surface area contributed by atoms with Crippen molar-refractivity contribution in [3.63, 3.8) is 0 Å². The summed E-state index contributed by atoms with van der Waals surface area (Å²) in [6.07, 6.45) is 0. The van der Waals surface area contributed by atoms with Gasteiger partial charge in [-0.1, -0.05) is 6.07 Å². The van der Waals surface area contributed by atoms with E-state index in [0.717, 1.165) is 17.0 Å². The molecule has 0 saturated heterocycles. The average molecular weight is 272 g/mol. The molecule has 0 aliphatic rings. The molecule has 1 rings (SSSR count). The van der Waals surface area contributed by atoms with Crippen LogP contribution in [0, 0.1) is 11.6 Å². The van der Waals surface area contributed by atoms with Gasteiger partial charge in [-0.2, -0.15) is 0 Å². The number of carbonyl (C=O) groups is 2. The molecule has 0 aromatic heterocycles. The Labute approximate surface area is 108 Å². The van der Waals surface area contributed by atoms with Crippen molar-refractivity contribution < 1.29 is 23.5 Å². The van der Waals surface area contributed by atoms with Crippen LogP contribution in [0.2, 0.25) is 0 Å². The van der Waals surface area contributed by atoms with Gasteiger partial charge in [0.25, 0.3) is 0 Å². The van der Waals surface area contributed by atoms with Gasteiger partial charge in [-0.05, 0) is 24.6 Å². The van der Waals surface area contributed by atoms with Gasteiger partial charge >= 0.3 is 12.0 Å². The van der Waals surface area contributed by atoms with Crippen LogP contribution in [-0.4, -0.2) is 35.1 Å². The lowest BCUT2D eigenvalue weighted by Crippen LogP contribution is -2.45. The van der Waals surface area contributed by atoms with Crippen molar-refractivity contribution in [1.82, 2.24) is 10.2 Å². The summed E-state index contributed by atoms with van der Waals surface area (Å²) in [4.78, 5) is 23.3. The highest BCUT2D eigenvalue weighted by molar-refractivity contribution is 5.82. The van der Waals surface area contributed by atoms with Gasteiger partial charge < -0.3 is 15.3 Å². The Morgan fingerprint density at radius 1 is 1.37 bits per heavy atom. The Bertz CT molecular complexity index is 494. The lowest BCUT2D eigenvalue weighted by Gasteiger charge is -2.21. The molecule has 1 unspecified atom stereocenters. The SMILES string of the molecule is CC(C(=O)O)N(C)C(=O)NCc1ccc(F)c(F)c1. The van der Waals surface area contributed by atoms with Crippen LogP contribution >= 0.6 is 0 Å². The Hall–Kier alpha value is -2.18. The molecular formula is C12H14F2N2O3. The summed E-state index contributed by atoms with van der Waals surface area (Å²) in [6, 6.07) is 1.67. The fourth-order valence-electron chi connectivity index (χ4n) is 1.29. The van der Waals surface area contributed by atoms with Crippen LogP contribution < -0.4 is 5.32 Å². The van der Waals surface area contributed by atoms with Crippen molar-refractivity contribution in [2.75, 3.05) is 7.05 Å². The molecule has 2 N–H and O–H groups in total. The Kier molecular flexibility index (Phi) is 4.80. The summed E-state index contributed by atoms with van der Waals surface area (Å²) in [5.74, 6) is -3.10. The molecule has 0 bridgehead atoms. The van der Waals surface area contributed by atoms with Crippen molar-refractivity contribution in [2.24, 2.45) is 0 Å². The number of nitrogens with one attached hydrogen (secondary N) is 1. The van der Waals surface area contributed by atoms with Gasteiger partial charge in [-0.25, -0.2) is 18.4 Å². The van der Waals surface area contributed by atoms with Crippen molar-refractivity contribution in [3.05, 3.63) is 35.4 Å². The monoisotopic (exact) mass is 272 g/mol. The number of likely N-dealkylation sites (N-methyl/N-ethyl adjacent to an activating group) is 1. The number of urea groups is 1. The second kappa shape index (κ2) is 6.12. The highest BCUT2D eigenvalue weighted by Crippen LogP contribution is 2.08. The summed E-state index contributed by atoms with van der Waals surface area (Å²) in [5.41, 5.74) is 0.378. The third-order valence-electron chi connectivity index (χ3n) is 2.69. The zero-order valence-electron chi connectivity index (χ0n) is 10.5. The van der Waals surface area contributed by atoms with E-state index in [1.54, 1.807) is 0 Å². The fourth-order valence-corrected chi connectivity index (χ4v) is 1.29. The second-order valence-electron chi connectivity index (χ2n) is 4.03. The van der Waals surface area contributed by atoms with Gasteiger partial charge in [0, 0.05) is 13.6 Å². The van der Waals surface area contributed by atoms with E-state index in [1.807, 2.05) is 0 Å². The van der Waals surface area contributed by atoms with Crippen LogP contribution in [0.4, 0.5) is 13.6 Å². The van der Waals surface area contributed by atoms with Gasteiger partial charge in [0.1, 0.15) is 6.04 Å². The lowest BCUT2D eigenvalue weighted by molar-refractivity contribution is -0.141. The maximum absolute atomic E-state index is 12.9. The zero-order chi connectivity index (χ0) is 14.6. The third-order valence-corrected chi connectivity index (χ3v) is 2.69. The summed E-state index contributed by atoms with van der Waals surface area (Å²) in [5, 5.41) is 11.2. The highest BCUT2D eigenvalue weighted by atomic mass is 19.2. The minimum atomic E-state index is -1.13. The van der Waals surface area contributed by atoms with Gasteiger partial charge in [0.2, 0.25) is 0 Å². The number of aliphatic carboxylic acids is 1. The molecule has 1 aromatic carbocycles. The molecule has 0 aliphatic heterocycles. The number of benzene rings is 1. The molecule has 104 valence electrons. The van der Waals surface area contributed by atoms with Gasteiger partial charge in [-0.15, -0.1) is 0 Å². The minimum Gasteiger partial charge on any atom is -0.480 e. The number of nitrogens with zero attached hydrogens (tertiary/aromatic N) is 1. The van der Waals surface area contributed by atoms with Crippen molar-refractivity contribution >= 4 is 12.0 Å². The first kappa shape index (κ1) is 14.9. The number of amides is 2. The molecule has 1 atom stereocenters. The number of carboxylic acid groups (broad SMARTS) is 1. The van der Waals surface area contributed by atoms with E-state index < -0.39 is 29.7 Å². The third kappa shape index (κ3) is 3.90. The normalized spacial score (nSPS) is 11.8.